The van der Waals surface area contributed by atoms with Crippen LogP contribution < -0.4 is 15.6 Å². The van der Waals surface area contributed by atoms with Crippen molar-refractivity contribution in [2.45, 2.75) is 13.8 Å². The first kappa shape index (κ1) is 17.2. The summed E-state index contributed by atoms with van der Waals surface area (Å²) in [5.74, 6) is 0.359. The minimum Gasteiger partial charge on any atom is -0.497 e. The molecule has 0 saturated heterocycles. The lowest BCUT2D eigenvalue weighted by Gasteiger charge is -2.06. The Kier molecular flexibility index (Phi) is 4.16. The van der Waals surface area contributed by atoms with Crippen molar-refractivity contribution < 1.29 is 9.53 Å². The number of carbonyl (C=O) groups excluding carboxylic acids is 1. The summed E-state index contributed by atoms with van der Waals surface area (Å²) in [5.41, 5.74) is 4.07. The molecule has 0 radical (unpaired) electrons. The van der Waals surface area contributed by atoms with Gasteiger partial charge in [-0.15, -0.1) is 0 Å². The molecule has 4 rings (SSSR count). The molecule has 1 amide bonds. The first-order valence-electron chi connectivity index (χ1n) is 8.35. The van der Waals surface area contributed by atoms with Crippen LogP contribution in [-0.4, -0.2) is 22.4 Å². The smallest absolute Gasteiger partial charge is 0.266 e. The Labute approximate surface area is 159 Å². The fraction of sp³-hybridized carbons (Fsp3) is 0.150. The quantitative estimate of drug-likeness (QED) is 0.588. The number of rotatable bonds is 3. The van der Waals surface area contributed by atoms with E-state index in [4.69, 9.17) is 4.74 Å². The SMILES string of the molecule is COc1ccc(NC(=O)c2cc(=O)n3c(nc4cc(C)c(C)cc43)s2)cc1. The van der Waals surface area contributed by atoms with Crippen LogP contribution in [0.5, 0.6) is 5.75 Å². The normalized spacial score (nSPS) is 11.1. The predicted molar refractivity (Wildman–Crippen MR) is 107 cm³/mol. The summed E-state index contributed by atoms with van der Waals surface area (Å²) in [6.07, 6.45) is 0. The van der Waals surface area contributed by atoms with Crippen molar-refractivity contribution in [2.75, 3.05) is 12.4 Å². The van der Waals surface area contributed by atoms with Crippen LogP contribution in [0.2, 0.25) is 0 Å². The Bertz CT molecular complexity index is 1240. The molecule has 27 heavy (non-hydrogen) atoms. The number of ether oxygens (including phenoxy) is 1. The average Bonchev–Trinajstić information content (AvgIpc) is 3.00. The molecule has 2 heterocycles. The lowest BCUT2D eigenvalue weighted by molar-refractivity contribution is 0.103. The number of nitrogens with one attached hydrogen (secondary N) is 1. The van der Waals surface area contributed by atoms with Gasteiger partial charge in [-0.3, -0.25) is 14.0 Å². The molecule has 0 saturated carbocycles. The van der Waals surface area contributed by atoms with Gasteiger partial charge < -0.3 is 10.1 Å². The molecule has 1 N–H and O–H groups in total. The van der Waals surface area contributed by atoms with E-state index in [0.29, 0.717) is 21.3 Å². The number of nitrogens with zero attached hydrogens (tertiary/aromatic N) is 2. The molecule has 0 aliphatic heterocycles. The van der Waals surface area contributed by atoms with Crippen LogP contribution in [0, 0.1) is 13.8 Å². The second-order valence-electron chi connectivity index (χ2n) is 6.29. The minimum absolute atomic E-state index is 0.269. The number of benzene rings is 2. The zero-order chi connectivity index (χ0) is 19.1. The maximum atomic E-state index is 12.6. The van der Waals surface area contributed by atoms with Gasteiger partial charge in [0.2, 0.25) is 0 Å². The van der Waals surface area contributed by atoms with Gasteiger partial charge in [-0.25, -0.2) is 4.98 Å². The van der Waals surface area contributed by atoms with Gasteiger partial charge in [-0.2, -0.15) is 0 Å². The van der Waals surface area contributed by atoms with Gasteiger partial charge in [0, 0.05) is 11.8 Å². The van der Waals surface area contributed by atoms with Crippen molar-refractivity contribution in [1.29, 1.82) is 0 Å². The third kappa shape index (κ3) is 3.06. The van der Waals surface area contributed by atoms with Gasteiger partial charge in [0.05, 0.1) is 18.1 Å². The van der Waals surface area contributed by atoms with E-state index in [0.717, 1.165) is 22.2 Å². The molecule has 4 aromatic rings. The van der Waals surface area contributed by atoms with Crippen molar-refractivity contribution in [2.24, 2.45) is 0 Å². The third-order valence-electron chi connectivity index (χ3n) is 4.49. The monoisotopic (exact) mass is 379 g/mol. The molecule has 2 aromatic carbocycles. The second-order valence-corrected chi connectivity index (χ2v) is 7.30. The van der Waals surface area contributed by atoms with E-state index >= 15 is 0 Å². The topological polar surface area (TPSA) is 72.7 Å². The van der Waals surface area contributed by atoms with E-state index < -0.39 is 0 Å². The van der Waals surface area contributed by atoms with Gasteiger partial charge in [0.15, 0.2) is 4.96 Å². The fourth-order valence-electron chi connectivity index (χ4n) is 2.88. The molecule has 0 unspecified atom stereocenters. The van der Waals surface area contributed by atoms with E-state index in [1.165, 1.54) is 17.4 Å². The Hall–Kier alpha value is -3.19. The lowest BCUT2D eigenvalue weighted by Crippen LogP contribution is -2.17. The number of aromatic nitrogens is 2. The predicted octanol–water partition coefficient (Wildman–Crippen LogP) is 3.79. The highest BCUT2D eigenvalue weighted by Gasteiger charge is 2.15. The zero-order valence-electron chi connectivity index (χ0n) is 15.1. The molecule has 0 bridgehead atoms. The maximum Gasteiger partial charge on any atom is 0.266 e. The highest BCUT2D eigenvalue weighted by atomic mass is 32.1. The fourth-order valence-corrected chi connectivity index (χ4v) is 3.80. The van der Waals surface area contributed by atoms with E-state index in [1.807, 2.05) is 26.0 Å². The zero-order valence-corrected chi connectivity index (χ0v) is 15.9. The molecular formula is C20H17N3O3S. The molecule has 6 nitrogen and oxygen atoms in total. The van der Waals surface area contributed by atoms with Crippen LogP contribution in [0.1, 0.15) is 20.8 Å². The maximum absolute atomic E-state index is 12.6. The highest BCUT2D eigenvalue weighted by molar-refractivity contribution is 7.18. The largest absolute Gasteiger partial charge is 0.497 e. The van der Waals surface area contributed by atoms with Crippen LogP contribution >= 0.6 is 11.3 Å². The Morgan fingerprint density at radius 2 is 1.81 bits per heavy atom. The Morgan fingerprint density at radius 1 is 1.11 bits per heavy atom. The van der Waals surface area contributed by atoms with Gasteiger partial charge in [0.1, 0.15) is 10.6 Å². The van der Waals surface area contributed by atoms with Gasteiger partial charge in [-0.05, 0) is 61.4 Å². The number of carbonyl (C=O) groups is 1. The van der Waals surface area contributed by atoms with Crippen LogP contribution in [0.3, 0.4) is 0 Å². The molecule has 0 atom stereocenters. The van der Waals surface area contributed by atoms with Crippen molar-refractivity contribution in [1.82, 2.24) is 9.38 Å². The van der Waals surface area contributed by atoms with Crippen molar-refractivity contribution in [3.05, 3.63) is 68.8 Å². The van der Waals surface area contributed by atoms with E-state index in [2.05, 4.69) is 10.3 Å². The number of anilines is 1. The summed E-state index contributed by atoms with van der Waals surface area (Å²) in [6, 6.07) is 12.3. The molecule has 0 aliphatic rings. The first-order valence-corrected chi connectivity index (χ1v) is 9.17. The minimum atomic E-state index is -0.343. The molecular weight excluding hydrogens is 362 g/mol. The first-order chi connectivity index (χ1) is 13.0. The summed E-state index contributed by atoms with van der Waals surface area (Å²) in [5, 5.41) is 2.79. The lowest BCUT2D eigenvalue weighted by atomic mass is 10.1. The summed E-state index contributed by atoms with van der Waals surface area (Å²) in [6.45, 7) is 4.01. The number of amides is 1. The van der Waals surface area contributed by atoms with E-state index in [-0.39, 0.29) is 11.5 Å². The number of hydrogen-bond donors (Lipinski definition) is 1. The van der Waals surface area contributed by atoms with E-state index in [1.54, 1.807) is 35.8 Å². The molecule has 2 aromatic heterocycles. The number of methoxy groups -OCH3 is 1. The Morgan fingerprint density at radius 3 is 2.52 bits per heavy atom. The Balaban J connectivity index is 1.74. The third-order valence-corrected chi connectivity index (χ3v) is 5.47. The van der Waals surface area contributed by atoms with Crippen LogP contribution in [0.25, 0.3) is 16.0 Å². The van der Waals surface area contributed by atoms with Crippen LogP contribution in [0.4, 0.5) is 5.69 Å². The van der Waals surface area contributed by atoms with Crippen molar-refractivity contribution in [3.63, 3.8) is 0 Å². The van der Waals surface area contributed by atoms with Crippen molar-refractivity contribution in [3.8, 4) is 5.75 Å². The number of imidazole rings is 1. The molecule has 0 aliphatic carbocycles. The number of hydrogen-bond acceptors (Lipinski definition) is 5. The van der Waals surface area contributed by atoms with Crippen LogP contribution in [0.15, 0.2) is 47.3 Å². The molecule has 0 spiro atoms. The standard InChI is InChI=1S/C20H17N3O3S/c1-11-8-15-16(9-12(11)2)23-18(24)10-17(27-20(23)22-15)19(25)21-13-4-6-14(26-3)7-5-13/h4-10H,1-3H3,(H,21,25). The van der Waals surface area contributed by atoms with Gasteiger partial charge >= 0.3 is 0 Å². The molecule has 136 valence electrons. The second kappa shape index (κ2) is 6.51. The van der Waals surface area contributed by atoms with Gasteiger partial charge in [0.25, 0.3) is 11.5 Å². The summed E-state index contributed by atoms with van der Waals surface area (Å²) in [7, 11) is 1.58. The van der Waals surface area contributed by atoms with Gasteiger partial charge in [-0.1, -0.05) is 11.3 Å². The molecule has 0 fully saturated rings. The number of aryl methyl sites for hydroxylation is 2. The summed E-state index contributed by atoms with van der Waals surface area (Å²) < 4.78 is 6.66. The number of fused-ring (bicyclic) bond motifs is 3. The molecule has 7 heteroatoms. The highest BCUT2D eigenvalue weighted by Crippen LogP contribution is 2.23. The van der Waals surface area contributed by atoms with E-state index in [9.17, 15) is 9.59 Å². The summed E-state index contributed by atoms with van der Waals surface area (Å²) in [4.78, 5) is 30.6. The summed E-state index contributed by atoms with van der Waals surface area (Å²) >= 11 is 1.19. The van der Waals surface area contributed by atoms with Crippen molar-refractivity contribution >= 4 is 38.9 Å². The average molecular weight is 379 g/mol. The van der Waals surface area contributed by atoms with Crippen LogP contribution in [-0.2, 0) is 0 Å².